The molecule has 27 heavy (non-hydrogen) atoms. The van der Waals surface area contributed by atoms with Crippen molar-refractivity contribution in [1.82, 2.24) is 0 Å². The van der Waals surface area contributed by atoms with Gasteiger partial charge in [0, 0.05) is 17.7 Å². The molecule has 1 aromatic carbocycles. The third-order valence-electron chi connectivity index (χ3n) is 4.38. The van der Waals surface area contributed by atoms with E-state index in [4.69, 9.17) is 18.9 Å². The van der Waals surface area contributed by atoms with Gasteiger partial charge in [0.25, 0.3) is 5.69 Å². The van der Waals surface area contributed by atoms with Gasteiger partial charge in [0.1, 0.15) is 18.3 Å². The SMILES string of the molecule is CC1(C)OC[C@H]([C@H]2OC(C)(C)O[C@@H]2C/[N+]([O-])=C/c2ccc([N+](=O)[O-])cc2)O1. The number of ether oxygens (including phenoxy) is 4. The van der Waals surface area contributed by atoms with Gasteiger partial charge in [-0.15, -0.1) is 0 Å². The van der Waals surface area contributed by atoms with E-state index in [-0.39, 0.29) is 18.3 Å². The normalized spacial score (nSPS) is 29.8. The quantitative estimate of drug-likeness (QED) is 0.253. The summed E-state index contributed by atoms with van der Waals surface area (Å²) in [5.41, 5.74) is 0.534. The summed E-state index contributed by atoms with van der Waals surface area (Å²) in [5, 5.41) is 23.1. The molecule has 0 N–H and O–H groups in total. The fraction of sp³-hybridized carbons (Fsp3) is 0.611. The molecule has 0 bridgehead atoms. The van der Waals surface area contributed by atoms with Gasteiger partial charge in [0.2, 0.25) is 0 Å². The van der Waals surface area contributed by atoms with Crippen LogP contribution >= 0.6 is 0 Å². The first-order valence-electron chi connectivity index (χ1n) is 8.75. The van der Waals surface area contributed by atoms with Crippen molar-refractivity contribution in [2.45, 2.75) is 57.6 Å². The van der Waals surface area contributed by atoms with E-state index in [1.807, 2.05) is 13.8 Å². The van der Waals surface area contributed by atoms with Crippen LogP contribution in [0.2, 0.25) is 0 Å². The molecule has 3 atom stereocenters. The number of non-ortho nitro benzene ring substituents is 1. The molecular formula is C18H24N2O7. The van der Waals surface area contributed by atoms with Crippen molar-refractivity contribution in [2.75, 3.05) is 13.2 Å². The smallest absolute Gasteiger partial charge is 0.269 e. The Hall–Kier alpha value is -2.07. The molecule has 9 nitrogen and oxygen atoms in total. The molecule has 0 aliphatic carbocycles. The molecule has 1 aromatic rings. The Labute approximate surface area is 157 Å². The van der Waals surface area contributed by atoms with Gasteiger partial charge >= 0.3 is 0 Å². The molecule has 0 unspecified atom stereocenters. The van der Waals surface area contributed by atoms with Crippen LogP contribution < -0.4 is 0 Å². The molecule has 3 rings (SSSR count). The number of nitrogens with zero attached hydrogens (tertiary/aromatic N) is 2. The van der Waals surface area contributed by atoms with Crippen LogP contribution in [0.3, 0.4) is 0 Å². The number of hydrogen-bond acceptors (Lipinski definition) is 7. The summed E-state index contributed by atoms with van der Waals surface area (Å²) in [7, 11) is 0. The summed E-state index contributed by atoms with van der Waals surface area (Å²) in [6, 6.07) is 5.75. The standard InChI is InChI=1S/C18H24N2O7/c1-17(2)24-11-15(26-17)16-14(25-18(3,4)27-16)10-19(21)9-12-5-7-13(8-6-12)20(22)23/h5-9,14-16H,10-11H2,1-4H3/b19-9-/t14-,15-,16+/m1/s1. The highest BCUT2D eigenvalue weighted by Crippen LogP contribution is 2.35. The van der Waals surface area contributed by atoms with E-state index in [0.29, 0.717) is 12.2 Å². The molecule has 0 amide bonds. The molecule has 2 aliphatic rings. The fourth-order valence-corrected chi connectivity index (χ4v) is 3.28. The molecular weight excluding hydrogens is 356 g/mol. The van der Waals surface area contributed by atoms with E-state index in [2.05, 4.69) is 0 Å². The monoisotopic (exact) mass is 380 g/mol. The Morgan fingerprint density at radius 1 is 1.07 bits per heavy atom. The number of hydrogen-bond donors (Lipinski definition) is 0. The first-order chi connectivity index (χ1) is 12.5. The van der Waals surface area contributed by atoms with Gasteiger partial charge in [0.15, 0.2) is 24.3 Å². The van der Waals surface area contributed by atoms with E-state index in [1.54, 1.807) is 13.8 Å². The topological polar surface area (TPSA) is 106 Å². The van der Waals surface area contributed by atoms with E-state index in [9.17, 15) is 15.3 Å². The lowest BCUT2D eigenvalue weighted by Gasteiger charge is -2.23. The summed E-state index contributed by atoms with van der Waals surface area (Å²) in [4.78, 5) is 10.2. The summed E-state index contributed by atoms with van der Waals surface area (Å²) in [6.07, 6.45) is 0.0862. The Morgan fingerprint density at radius 3 is 2.30 bits per heavy atom. The van der Waals surface area contributed by atoms with Crippen molar-refractivity contribution in [3.8, 4) is 0 Å². The first-order valence-corrected chi connectivity index (χ1v) is 8.75. The molecule has 2 saturated heterocycles. The Balaban J connectivity index is 1.70. The molecule has 2 aliphatic heterocycles. The fourth-order valence-electron chi connectivity index (χ4n) is 3.28. The highest BCUT2D eigenvalue weighted by Gasteiger charge is 2.50. The third kappa shape index (κ3) is 4.81. The zero-order chi connectivity index (χ0) is 19.8. The van der Waals surface area contributed by atoms with Crippen molar-refractivity contribution >= 4 is 11.9 Å². The second-order valence-corrected chi connectivity index (χ2v) is 7.58. The summed E-state index contributed by atoms with van der Waals surface area (Å²) < 4.78 is 24.1. The van der Waals surface area contributed by atoms with E-state index in [1.165, 1.54) is 30.5 Å². The van der Waals surface area contributed by atoms with Crippen molar-refractivity contribution in [3.63, 3.8) is 0 Å². The van der Waals surface area contributed by atoms with Crippen molar-refractivity contribution < 1.29 is 28.6 Å². The predicted molar refractivity (Wildman–Crippen MR) is 95.5 cm³/mol. The number of nitro benzene ring substituents is 1. The van der Waals surface area contributed by atoms with Gasteiger partial charge in [-0.05, 0) is 39.8 Å². The second kappa shape index (κ2) is 7.16. The van der Waals surface area contributed by atoms with E-state index >= 15 is 0 Å². The Bertz CT molecular complexity index is 730. The van der Waals surface area contributed by atoms with Crippen LogP contribution in [0.1, 0.15) is 33.3 Å². The highest BCUT2D eigenvalue weighted by molar-refractivity contribution is 5.76. The van der Waals surface area contributed by atoms with Crippen LogP contribution in [0.25, 0.3) is 0 Å². The average molecular weight is 380 g/mol. The van der Waals surface area contributed by atoms with Crippen LogP contribution in [0, 0.1) is 15.3 Å². The molecule has 0 spiro atoms. The maximum absolute atomic E-state index is 12.4. The van der Waals surface area contributed by atoms with Crippen molar-refractivity contribution in [2.24, 2.45) is 0 Å². The maximum Gasteiger partial charge on any atom is 0.269 e. The zero-order valence-electron chi connectivity index (χ0n) is 15.8. The number of benzene rings is 1. The van der Waals surface area contributed by atoms with Gasteiger partial charge in [-0.25, -0.2) is 4.74 Å². The minimum atomic E-state index is -0.834. The Kier molecular flexibility index (Phi) is 5.22. The first kappa shape index (κ1) is 19.7. The van der Waals surface area contributed by atoms with Crippen LogP contribution in [0.15, 0.2) is 24.3 Å². The maximum atomic E-state index is 12.4. The van der Waals surface area contributed by atoms with Gasteiger partial charge < -0.3 is 24.2 Å². The van der Waals surface area contributed by atoms with Crippen LogP contribution in [0.5, 0.6) is 0 Å². The van der Waals surface area contributed by atoms with Gasteiger partial charge in [-0.1, -0.05) is 0 Å². The summed E-state index contributed by atoms with van der Waals surface area (Å²) in [5.74, 6) is -1.53. The van der Waals surface area contributed by atoms with Crippen molar-refractivity contribution in [3.05, 3.63) is 45.2 Å². The third-order valence-corrected chi connectivity index (χ3v) is 4.38. The van der Waals surface area contributed by atoms with Crippen LogP contribution in [-0.2, 0) is 18.9 Å². The van der Waals surface area contributed by atoms with Crippen molar-refractivity contribution in [1.29, 1.82) is 0 Å². The highest BCUT2D eigenvalue weighted by atomic mass is 16.8. The lowest BCUT2D eigenvalue weighted by molar-refractivity contribution is -0.465. The molecule has 148 valence electrons. The van der Waals surface area contributed by atoms with E-state index in [0.717, 1.165) is 4.74 Å². The Morgan fingerprint density at radius 2 is 1.74 bits per heavy atom. The molecule has 2 heterocycles. The van der Waals surface area contributed by atoms with Crippen LogP contribution in [-0.4, -0.2) is 58.9 Å². The lowest BCUT2D eigenvalue weighted by atomic mass is 10.1. The molecule has 0 saturated carbocycles. The minimum Gasteiger partial charge on any atom is -0.624 e. The largest absolute Gasteiger partial charge is 0.624 e. The molecule has 0 radical (unpaired) electrons. The number of rotatable bonds is 5. The molecule has 9 heteroatoms. The molecule has 2 fully saturated rings. The van der Waals surface area contributed by atoms with E-state index < -0.39 is 28.7 Å². The van der Waals surface area contributed by atoms with Gasteiger partial charge in [-0.3, -0.25) is 10.1 Å². The summed E-state index contributed by atoms with van der Waals surface area (Å²) >= 11 is 0. The lowest BCUT2D eigenvalue weighted by Crippen LogP contribution is -2.41. The molecule has 0 aromatic heterocycles. The number of nitro groups is 1. The zero-order valence-corrected chi connectivity index (χ0v) is 15.8. The minimum absolute atomic E-state index is 0.0278. The second-order valence-electron chi connectivity index (χ2n) is 7.58. The average Bonchev–Trinajstić information content (AvgIpc) is 3.06. The summed E-state index contributed by atoms with van der Waals surface area (Å²) in [6.45, 7) is 7.62. The van der Waals surface area contributed by atoms with Crippen LogP contribution in [0.4, 0.5) is 5.69 Å². The van der Waals surface area contributed by atoms with Gasteiger partial charge in [0.05, 0.1) is 11.5 Å². The predicted octanol–water partition coefficient (Wildman–Crippen LogP) is 2.20. The van der Waals surface area contributed by atoms with Gasteiger partial charge in [-0.2, -0.15) is 0 Å². The number of hydroxylamine groups is 1.